The van der Waals surface area contributed by atoms with Gasteiger partial charge in [0.2, 0.25) is 0 Å². The number of hydrogen-bond donors (Lipinski definition) is 1. The van der Waals surface area contributed by atoms with Crippen molar-refractivity contribution in [1.29, 1.82) is 0 Å². The summed E-state index contributed by atoms with van der Waals surface area (Å²) >= 11 is 17.6. The molecule has 1 N–H and O–H groups in total. The minimum atomic E-state index is -4.70. The van der Waals surface area contributed by atoms with Gasteiger partial charge in [-0.1, -0.05) is 34.8 Å². The van der Waals surface area contributed by atoms with Crippen LogP contribution in [0.3, 0.4) is 0 Å². The van der Waals surface area contributed by atoms with Crippen molar-refractivity contribution in [1.82, 2.24) is 4.98 Å². The predicted molar refractivity (Wildman–Crippen MR) is 75.6 cm³/mol. The van der Waals surface area contributed by atoms with Gasteiger partial charge in [0, 0.05) is 11.8 Å². The van der Waals surface area contributed by atoms with Crippen LogP contribution in [-0.2, 0) is 12.8 Å². The molecular weight excluding hydrogens is 350 g/mol. The van der Waals surface area contributed by atoms with E-state index in [4.69, 9.17) is 39.9 Å². The molecule has 0 fully saturated rings. The highest BCUT2D eigenvalue weighted by Crippen LogP contribution is 2.43. The number of aromatic nitrogens is 1. The Morgan fingerprint density at radius 3 is 2.29 bits per heavy atom. The second-order valence-corrected chi connectivity index (χ2v) is 5.24. The third-order valence-electron chi connectivity index (χ3n) is 2.78. The zero-order chi connectivity index (χ0) is 15.8. The maximum atomic E-state index is 13.2. The number of alkyl halides is 3. The molecule has 1 heterocycles. The van der Waals surface area contributed by atoms with Gasteiger partial charge in [0.25, 0.3) is 0 Å². The molecule has 0 aliphatic carbocycles. The van der Waals surface area contributed by atoms with Crippen molar-refractivity contribution in [2.24, 2.45) is 0 Å². The first-order valence-corrected chi connectivity index (χ1v) is 6.70. The molecule has 2 rings (SSSR count). The van der Waals surface area contributed by atoms with Crippen LogP contribution in [-0.4, -0.2) is 10.1 Å². The highest BCUT2D eigenvalue weighted by Gasteiger charge is 2.37. The van der Waals surface area contributed by atoms with Gasteiger partial charge < -0.3 is 5.11 Å². The molecule has 0 unspecified atom stereocenters. The Kier molecular flexibility index (Phi) is 4.68. The fraction of sp³-hybridized carbons (Fsp3) is 0.154. The molecule has 2 aromatic rings. The van der Waals surface area contributed by atoms with E-state index in [1.165, 1.54) is 12.1 Å². The molecule has 0 spiro atoms. The summed E-state index contributed by atoms with van der Waals surface area (Å²) in [5.74, 6) is 0. The molecular formula is C13H7Cl3F3NO. The van der Waals surface area contributed by atoms with Crippen LogP contribution in [0.25, 0.3) is 11.3 Å². The number of hydrogen-bond acceptors (Lipinski definition) is 2. The fourth-order valence-electron chi connectivity index (χ4n) is 1.86. The lowest BCUT2D eigenvalue weighted by Crippen LogP contribution is -2.12. The summed E-state index contributed by atoms with van der Waals surface area (Å²) in [5.41, 5.74) is -1.76. The van der Waals surface area contributed by atoms with E-state index in [2.05, 4.69) is 4.98 Å². The van der Waals surface area contributed by atoms with E-state index in [1.54, 1.807) is 0 Å². The SMILES string of the molecule is OCc1ccnc(-c2ccc(Cl)c(Cl)c2Cl)c1C(F)(F)F. The molecule has 1 aromatic carbocycles. The van der Waals surface area contributed by atoms with E-state index in [1.807, 2.05) is 0 Å². The first-order chi connectivity index (χ1) is 9.77. The van der Waals surface area contributed by atoms with E-state index in [0.717, 1.165) is 12.3 Å². The number of halogens is 6. The summed E-state index contributed by atoms with van der Waals surface area (Å²) in [7, 11) is 0. The average molecular weight is 357 g/mol. The van der Waals surface area contributed by atoms with E-state index >= 15 is 0 Å². The van der Waals surface area contributed by atoms with Crippen molar-refractivity contribution in [2.75, 3.05) is 0 Å². The summed E-state index contributed by atoms with van der Waals surface area (Å²) in [4.78, 5) is 3.74. The first kappa shape index (κ1) is 16.4. The van der Waals surface area contributed by atoms with Crippen molar-refractivity contribution < 1.29 is 18.3 Å². The van der Waals surface area contributed by atoms with Crippen LogP contribution in [0.1, 0.15) is 11.1 Å². The van der Waals surface area contributed by atoms with Crippen molar-refractivity contribution in [2.45, 2.75) is 12.8 Å². The number of nitrogens with zero attached hydrogens (tertiary/aromatic N) is 1. The molecule has 1 aromatic heterocycles. The zero-order valence-corrected chi connectivity index (χ0v) is 12.4. The van der Waals surface area contributed by atoms with Gasteiger partial charge in [-0.3, -0.25) is 4.98 Å². The predicted octanol–water partition coefficient (Wildman–Crippen LogP) is 5.22. The number of pyridine rings is 1. The number of benzene rings is 1. The summed E-state index contributed by atoms with van der Waals surface area (Å²) in [6.45, 7) is -0.774. The lowest BCUT2D eigenvalue weighted by atomic mass is 10.0. The number of aliphatic hydroxyl groups excluding tert-OH is 1. The van der Waals surface area contributed by atoms with Crippen molar-refractivity contribution >= 4 is 34.8 Å². The van der Waals surface area contributed by atoms with Gasteiger partial charge in [0.1, 0.15) is 0 Å². The van der Waals surface area contributed by atoms with E-state index in [9.17, 15) is 13.2 Å². The van der Waals surface area contributed by atoms with Crippen LogP contribution in [0.5, 0.6) is 0 Å². The normalized spacial score (nSPS) is 11.8. The molecule has 0 saturated carbocycles. The maximum Gasteiger partial charge on any atom is 0.418 e. The van der Waals surface area contributed by atoms with Gasteiger partial charge in [-0.2, -0.15) is 13.2 Å². The zero-order valence-electron chi connectivity index (χ0n) is 10.2. The van der Waals surface area contributed by atoms with Crippen molar-refractivity contribution in [3.63, 3.8) is 0 Å². The van der Waals surface area contributed by atoms with Gasteiger partial charge in [0.15, 0.2) is 0 Å². The average Bonchev–Trinajstić information content (AvgIpc) is 2.43. The second-order valence-electron chi connectivity index (χ2n) is 4.07. The second kappa shape index (κ2) is 6.01. The van der Waals surface area contributed by atoms with Crippen LogP contribution in [0.4, 0.5) is 13.2 Å². The van der Waals surface area contributed by atoms with Crippen LogP contribution < -0.4 is 0 Å². The Balaban J connectivity index is 2.79. The molecule has 0 saturated heterocycles. The molecule has 0 amide bonds. The lowest BCUT2D eigenvalue weighted by Gasteiger charge is -2.16. The van der Waals surface area contributed by atoms with Gasteiger partial charge in [0.05, 0.1) is 32.9 Å². The van der Waals surface area contributed by atoms with Crippen LogP contribution >= 0.6 is 34.8 Å². The summed E-state index contributed by atoms with van der Waals surface area (Å²) in [6.07, 6.45) is -3.54. The summed E-state index contributed by atoms with van der Waals surface area (Å²) in [5, 5.41) is 9.05. The molecule has 0 bridgehead atoms. The van der Waals surface area contributed by atoms with E-state index in [-0.39, 0.29) is 26.2 Å². The minimum Gasteiger partial charge on any atom is -0.392 e. The Morgan fingerprint density at radius 1 is 1.05 bits per heavy atom. The highest BCUT2D eigenvalue weighted by molar-refractivity contribution is 6.49. The highest BCUT2D eigenvalue weighted by atomic mass is 35.5. The Bertz CT molecular complexity index is 689. The van der Waals surface area contributed by atoms with Gasteiger partial charge in [-0.25, -0.2) is 0 Å². The van der Waals surface area contributed by atoms with Gasteiger partial charge >= 0.3 is 6.18 Å². The van der Waals surface area contributed by atoms with E-state index < -0.39 is 24.0 Å². The molecule has 0 aliphatic rings. The summed E-state index contributed by atoms with van der Waals surface area (Å²) < 4.78 is 39.7. The minimum absolute atomic E-state index is 0.00584. The molecule has 21 heavy (non-hydrogen) atoms. The lowest BCUT2D eigenvalue weighted by molar-refractivity contribution is -0.138. The largest absolute Gasteiger partial charge is 0.418 e. The van der Waals surface area contributed by atoms with Crippen molar-refractivity contribution in [3.05, 3.63) is 50.6 Å². The Labute approximate surface area is 133 Å². The first-order valence-electron chi connectivity index (χ1n) is 5.57. The summed E-state index contributed by atoms with van der Waals surface area (Å²) in [6, 6.07) is 3.73. The molecule has 8 heteroatoms. The van der Waals surface area contributed by atoms with E-state index in [0.29, 0.717) is 0 Å². The van der Waals surface area contributed by atoms with Gasteiger partial charge in [-0.15, -0.1) is 0 Å². The smallest absolute Gasteiger partial charge is 0.392 e. The van der Waals surface area contributed by atoms with Crippen LogP contribution in [0.2, 0.25) is 15.1 Å². The topological polar surface area (TPSA) is 33.1 Å². The van der Waals surface area contributed by atoms with Crippen LogP contribution in [0.15, 0.2) is 24.4 Å². The monoisotopic (exact) mass is 355 g/mol. The standard InChI is InChI=1S/C13H7Cl3F3NO/c14-8-2-1-7(10(15)11(8)16)12-9(13(17,18)19)6(5-21)3-4-20-12/h1-4,21H,5H2. The third-order valence-corrected chi connectivity index (χ3v) is 4.07. The third kappa shape index (κ3) is 3.11. The Morgan fingerprint density at radius 2 is 1.71 bits per heavy atom. The molecule has 112 valence electrons. The van der Waals surface area contributed by atoms with Crippen LogP contribution in [0, 0.1) is 0 Å². The number of rotatable bonds is 2. The Hall–Kier alpha value is -1.01. The molecule has 0 aliphatic heterocycles. The maximum absolute atomic E-state index is 13.2. The van der Waals surface area contributed by atoms with Gasteiger partial charge in [-0.05, 0) is 23.8 Å². The molecule has 0 atom stereocenters. The number of aliphatic hydroxyl groups is 1. The molecule has 2 nitrogen and oxygen atoms in total. The quantitative estimate of drug-likeness (QED) is 0.748. The molecule has 0 radical (unpaired) electrons. The fourth-order valence-corrected chi connectivity index (χ4v) is 2.49. The van der Waals surface area contributed by atoms with Crippen molar-refractivity contribution in [3.8, 4) is 11.3 Å².